The monoisotopic (exact) mass is 396 g/mol. The second kappa shape index (κ2) is 7.23. The number of aryl methyl sites for hydroxylation is 1. The Morgan fingerprint density at radius 2 is 1.93 bits per heavy atom. The zero-order valence-corrected chi connectivity index (χ0v) is 16.5. The molecular weight excluding hydrogens is 372 g/mol. The van der Waals surface area contributed by atoms with E-state index in [1.807, 2.05) is 22.8 Å². The Labute approximate surface area is 167 Å². The molecule has 0 saturated carbocycles. The standard InChI is InChI=1S/C20H24N6O3/c1-13-10-24(9-8-14-6-4-3-5-7-14)19-22-17-16(25(19)11-13)18(28)26(12-15(21)27)20(29)23(17)2/h3-7,13H,8-12H2,1-2H3,(H2,21,27)/t13-/m0/s1. The van der Waals surface area contributed by atoms with Gasteiger partial charge < -0.3 is 15.2 Å². The molecule has 1 aromatic carbocycles. The van der Waals surface area contributed by atoms with Gasteiger partial charge in [0.05, 0.1) is 0 Å². The highest BCUT2D eigenvalue weighted by Gasteiger charge is 2.29. The Bertz CT molecular complexity index is 1190. The van der Waals surface area contributed by atoms with Gasteiger partial charge in [0.15, 0.2) is 11.2 Å². The molecule has 0 bridgehead atoms. The summed E-state index contributed by atoms with van der Waals surface area (Å²) >= 11 is 0. The number of hydrogen-bond acceptors (Lipinski definition) is 5. The van der Waals surface area contributed by atoms with E-state index in [0.717, 1.165) is 24.1 Å². The average Bonchev–Trinajstić information content (AvgIpc) is 3.08. The topological polar surface area (TPSA) is 108 Å². The minimum absolute atomic E-state index is 0.303. The molecule has 0 unspecified atom stereocenters. The first-order valence-corrected chi connectivity index (χ1v) is 9.64. The molecule has 1 aliphatic rings. The number of imidazole rings is 1. The highest BCUT2D eigenvalue weighted by molar-refractivity contribution is 5.76. The first kappa shape index (κ1) is 19.0. The lowest BCUT2D eigenvalue weighted by molar-refractivity contribution is -0.118. The van der Waals surface area contributed by atoms with Crippen LogP contribution in [0.3, 0.4) is 0 Å². The lowest BCUT2D eigenvalue weighted by Crippen LogP contribution is -2.43. The Hall–Kier alpha value is -3.36. The van der Waals surface area contributed by atoms with Crippen LogP contribution >= 0.6 is 0 Å². The van der Waals surface area contributed by atoms with Gasteiger partial charge >= 0.3 is 5.69 Å². The number of primary amides is 1. The van der Waals surface area contributed by atoms with Crippen LogP contribution < -0.4 is 21.9 Å². The molecular formula is C20H24N6O3. The molecule has 152 valence electrons. The number of carbonyl (C=O) groups is 1. The predicted octanol–water partition coefficient (Wildman–Crippen LogP) is 0.0808. The van der Waals surface area contributed by atoms with Crippen molar-refractivity contribution in [2.24, 2.45) is 18.7 Å². The molecule has 3 aromatic rings. The summed E-state index contributed by atoms with van der Waals surface area (Å²) in [5.74, 6) is 0.245. The van der Waals surface area contributed by atoms with Gasteiger partial charge in [0.2, 0.25) is 11.9 Å². The first-order valence-electron chi connectivity index (χ1n) is 9.64. The molecule has 9 nitrogen and oxygen atoms in total. The summed E-state index contributed by atoms with van der Waals surface area (Å²) in [6.07, 6.45) is 0.849. The van der Waals surface area contributed by atoms with Gasteiger partial charge in [0, 0.05) is 26.7 Å². The Morgan fingerprint density at radius 1 is 1.21 bits per heavy atom. The minimum atomic E-state index is -0.736. The van der Waals surface area contributed by atoms with E-state index in [2.05, 4.69) is 28.9 Å². The molecule has 0 aliphatic carbocycles. The van der Waals surface area contributed by atoms with Crippen LogP contribution in [-0.4, -0.2) is 37.7 Å². The zero-order valence-electron chi connectivity index (χ0n) is 16.5. The predicted molar refractivity (Wildman–Crippen MR) is 110 cm³/mol. The van der Waals surface area contributed by atoms with Crippen LogP contribution in [0.1, 0.15) is 12.5 Å². The zero-order chi connectivity index (χ0) is 20.7. The van der Waals surface area contributed by atoms with Gasteiger partial charge in [-0.15, -0.1) is 0 Å². The van der Waals surface area contributed by atoms with Crippen molar-refractivity contribution in [1.29, 1.82) is 0 Å². The summed E-state index contributed by atoms with van der Waals surface area (Å²) in [6, 6.07) is 10.2. The van der Waals surface area contributed by atoms with Crippen LogP contribution in [0.4, 0.5) is 5.95 Å². The van der Waals surface area contributed by atoms with E-state index < -0.39 is 23.7 Å². The van der Waals surface area contributed by atoms with Gasteiger partial charge in [-0.25, -0.2) is 9.36 Å². The van der Waals surface area contributed by atoms with Crippen molar-refractivity contribution in [2.45, 2.75) is 26.4 Å². The number of benzene rings is 1. The number of rotatable bonds is 5. The van der Waals surface area contributed by atoms with Crippen molar-refractivity contribution in [3.05, 3.63) is 56.7 Å². The van der Waals surface area contributed by atoms with E-state index in [0.29, 0.717) is 29.6 Å². The number of aromatic nitrogens is 4. The molecule has 4 rings (SSSR count). The maximum atomic E-state index is 13.0. The summed E-state index contributed by atoms with van der Waals surface area (Å²) in [5.41, 5.74) is 5.99. The van der Waals surface area contributed by atoms with Crippen LogP contribution in [0.5, 0.6) is 0 Å². The average molecular weight is 396 g/mol. The summed E-state index contributed by atoms with van der Waals surface area (Å²) in [7, 11) is 1.55. The molecule has 1 amide bonds. The fourth-order valence-corrected chi connectivity index (χ4v) is 4.00. The van der Waals surface area contributed by atoms with Crippen molar-refractivity contribution >= 4 is 23.0 Å². The van der Waals surface area contributed by atoms with Crippen LogP contribution in [0, 0.1) is 5.92 Å². The quantitative estimate of drug-likeness (QED) is 0.657. The molecule has 29 heavy (non-hydrogen) atoms. The molecule has 0 saturated heterocycles. The van der Waals surface area contributed by atoms with Gasteiger partial charge in [0.1, 0.15) is 6.54 Å². The van der Waals surface area contributed by atoms with Crippen molar-refractivity contribution in [1.82, 2.24) is 18.7 Å². The van der Waals surface area contributed by atoms with Gasteiger partial charge in [-0.2, -0.15) is 4.98 Å². The van der Waals surface area contributed by atoms with Crippen LogP contribution in [0.15, 0.2) is 39.9 Å². The highest BCUT2D eigenvalue weighted by atomic mass is 16.2. The summed E-state index contributed by atoms with van der Waals surface area (Å²) in [6.45, 7) is 3.86. The number of nitrogens with zero attached hydrogens (tertiary/aromatic N) is 5. The third-order valence-corrected chi connectivity index (χ3v) is 5.35. The van der Waals surface area contributed by atoms with E-state index in [4.69, 9.17) is 5.73 Å². The number of nitrogens with two attached hydrogens (primary N) is 1. The smallest absolute Gasteiger partial charge is 0.332 e. The van der Waals surface area contributed by atoms with Gasteiger partial charge in [-0.3, -0.25) is 14.2 Å². The van der Waals surface area contributed by atoms with E-state index in [9.17, 15) is 14.4 Å². The summed E-state index contributed by atoms with van der Waals surface area (Å²) in [4.78, 5) is 43.7. The fraction of sp³-hybridized carbons (Fsp3) is 0.400. The van der Waals surface area contributed by atoms with Crippen molar-refractivity contribution < 1.29 is 4.79 Å². The van der Waals surface area contributed by atoms with E-state index in [-0.39, 0.29) is 0 Å². The lowest BCUT2D eigenvalue weighted by atomic mass is 10.1. The van der Waals surface area contributed by atoms with Gasteiger partial charge in [0.25, 0.3) is 5.56 Å². The molecule has 3 heterocycles. The van der Waals surface area contributed by atoms with E-state index >= 15 is 0 Å². The second-order valence-corrected chi connectivity index (χ2v) is 7.68. The summed E-state index contributed by atoms with van der Waals surface area (Å²) < 4.78 is 4.06. The van der Waals surface area contributed by atoms with Gasteiger partial charge in [-0.1, -0.05) is 37.3 Å². The maximum absolute atomic E-state index is 13.0. The third kappa shape index (κ3) is 3.32. The van der Waals surface area contributed by atoms with E-state index in [1.54, 1.807) is 7.05 Å². The number of hydrogen-bond donors (Lipinski definition) is 1. The molecule has 2 N–H and O–H groups in total. The number of fused-ring (bicyclic) bond motifs is 3. The fourth-order valence-electron chi connectivity index (χ4n) is 4.00. The van der Waals surface area contributed by atoms with Crippen LogP contribution in [0.2, 0.25) is 0 Å². The maximum Gasteiger partial charge on any atom is 0.332 e. The molecule has 9 heteroatoms. The number of amides is 1. The van der Waals surface area contributed by atoms with Crippen molar-refractivity contribution in [3.8, 4) is 0 Å². The van der Waals surface area contributed by atoms with Crippen molar-refractivity contribution in [2.75, 3.05) is 18.0 Å². The van der Waals surface area contributed by atoms with Crippen LogP contribution in [0.25, 0.3) is 11.2 Å². The van der Waals surface area contributed by atoms with Crippen LogP contribution in [-0.2, 0) is 31.4 Å². The largest absolute Gasteiger partial charge is 0.368 e. The number of carbonyl (C=O) groups excluding carboxylic acids is 1. The third-order valence-electron chi connectivity index (χ3n) is 5.35. The number of anilines is 1. The normalized spacial score (nSPS) is 16.2. The highest BCUT2D eigenvalue weighted by Crippen LogP contribution is 2.26. The first-order chi connectivity index (χ1) is 13.9. The Kier molecular flexibility index (Phi) is 4.73. The molecule has 0 radical (unpaired) electrons. The van der Waals surface area contributed by atoms with Crippen molar-refractivity contribution in [3.63, 3.8) is 0 Å². The molecule has 1 aliphatic heterocycles. The summed E-state index contributed by atoms with van der Waals surface area (Å²) in [5, 5.41) is 0. The van der Waals surface area contributed by atoms with Gasteiger partial charge in [-0.05, 0) is 17.9 Å². The molecule has 0 fully saturated rings. The van der Waals surface area contributed by atoms with E-state index in [1.165, 1.54) is 10.1 Å². The second-order valence-electron chi connectivity index (χ2n) is 7.68. The molecule has 0 spiro atoms. The Balaban J connectivity index is 1.81. The minimum Gasteiger partial charge on any atom is -0.368 e. The molecule has 2 aromatic heterocycles. The molecule has 1 atom stereocenters. The Morgan fingerprint density at radius 3 is 2.62 bits per heavy atom. The lowest BCUT2D eigenvalue weighted by Gasteiger charge is -2.33. The SMILES string of the molecule is C[C@H]1CN(CCc2ccccc2)c2nc3c(c(=O)n(CC(N)=O)c(=O)n3C)n2C1.